The predicted molar refractivity (Wildman–Crippen MR) is 147 cm³/mol. The van der Waals surface area contributed by atoms with E-state index in [0.717, 1.165) is 9.77 Å². The summed E-state index contributed by atoms with van der Waals surface area (Å²) in [5, 5.41) is 10.1. The molecule has 0 spiro atoms. The number of hydrogen-bond donors (Lipinski definition) is 3. The van der Waals surface area contributed by atoms with Gasteiger partial charge in [-0.05, 0) is 78.2 Å². The van der Waals surface area contributed by atoms with E-state index in [2.05, 4.69) is 16.0 Å². The van der Waals surface area contributed by atoms with Crippen molar-refractivity contribution in [2.75, 3.05) is 16.4 Å². The summed E-state index contributed by atoms with van der Waals surface area (Å²) in [5.74, 6) is -1.26. The zero-order chi connectivity index (χ0) is 26.0. The molecule has 0 saturated heterocycles. The molecular formula is C28H22FN3O3S2. The Balaban J connectivity index is 1.36. The maximum absolute atomic E-state index is 13.0. The van der Waals surface area contributed by atoms with Crippen molar-refractivity contribution in [1.29, 1.82) is 0 Å². The second-order valence-corrected chi connectivity index (χ2v) is 9.74. The average Bonchev–Trinajstić information content (AvgIpc) is 3.43. The van der Waals surface area contributed by atoms with Gasteiger partial charge in [0.1, 0.15) is 11.5 Å². The quantitative estimate of drug-likeness (QED) is 0.182. The molecule has 6 nitrogen and oxygen atoms in total. The van der Waals surface area contributed by atoms with E-state index in [1.165, 1.54) is 47.4 Å². The highest BCUT2D eigenvalue weighted by molar-refractivity contribution is 8.00. The van der Waals surface area contributed by atoms with Gasteiger partial charge in [0, 0.05) is 26.7 Å². The number of thiophene rings is 1. The number of benzene rings is 3. The topological polar surface area (TPSA) is 87.3 Å². The smallest absolute Gasteiger partial charge is 0.272 e. The fourth-order valence-electron chi connectivity index (χ4n) is 3.17. The normalized spacial score (nSPS) is 11.0. The van der Waals surface area contributed by atoms with Crippen LogP contribution in [0.2, 0.25) is 0 Å². The Hall–Kier alpha value is -4.21. The minimum absolute atomic E-state index is 0.118. The molecule has 0 atom stereocenters. The molecule has 3 N–H and O–H groups in total. The second-order valence-electron chi connectivity index (χ2n) is 7.72. The highest BCUT2D eigenvalue weighted by Crippen LogP contribution is 2.22. The van der Waals surface area contributed by atoms with Crippen LogP contribution in [0.25, 0.3) is 6.08 Å². The molecule has 1 aromatic heterocycles. The van der Waals surface area contributed by atoms with Gasteiger partial charge >= 0.3 is 0 Å². The third-order valence-corrected chi connectivity index (χ3v) is 6.80. The Labute approximate surface area is 221 Å². The third-order valence-electron chi connectivity index (χ3n) is 4.97. The first-order chi connectivity index (χ1) is 18.0. The Bertz CT molecular complexity index is 1390. The molecule has 1 heterocycles. The van der Waals surface area contributed by atoms with Crippen LogP contribution in [0.1, 0.15) is 15.2 Å². The average molecular weight is 532 g/mol. The van der Waals surface area contributed by atoms with Crippen molar-refractivity contribution < 1.29 is 18.8 Å². The molecule has 0 aliphatic rings. The molecule has 3 amide bonds. The number of carbonyl (C=O) groups is 3. The van der Waals surface area contributed by atoms with Crippen LogP contribution in [0, 0.1) is 5.82 Å². The van der Waals surface area contributed by atoms with Gasteiger partial charge in [-0.2, -0.15) is 0 Å². The lowest BCUT2D eigenvalue weighted by Crippen LogP contribution is -2.30. The number of carbonyl (C=O) groups excluding carboxylic acids is 3. The van der Waals surface area contributed by atoms with Crippen LogP contribution in [0.15, 0.2) is 107 Å². The molecule has 4 aromatic rings. The zero-order valence-electron chi connectivity index (χ0n) is 19.4. The summed E-state index contributed by atoms with van der Waals surface area (Å²) >= 11 is 2.78. The lowest BCUT2D eigenvalue weighted by molar-refractivity contribution is -0.114. The van der Waals surface area contributed by atoms with E-state index in [4.69, 9.17) is 0 Å². The number of amides is 3. The second kappa shape index (κ2) is 12.7. The molecule has 0 fully saturated rings. The van der Waals surface area contributed by atoms with Crippen LogP contribution in [0.5, 0.6) is 0 Å². The van der Waals surface area contributed by atoms with Gasteiger partial charge < -0.3 is 16.0 Å². The van der Waals surface area contributed by atoms with Gasteiger partial charge in [-0.1, -0.05) is 24.3 Å². The molecule has 0 aliphatic carbocycles. The van der Waals surface area contributed by atoms with E-state index < -0.39 is 5.91 Å². The monoisotopic (exact) mass is 531 g/mol. The van der Waals surface area contributed by atoms with Gasteiger partial charge in [0.2, 0.25) is 5.91 Å². The van der Waals surface area contributed by atoms with Crippen LogP contribution >= 0.6 is 23.1 Å². The van der Waals surface area contributed by atoms with E-state index in [1.807, 2.05) is 23.6 Å². The Morgan fingerprint density at radius 2 is 1.49 bits per heavy atom. The Morgan fingerprint density at radius 3 is 2.16 bits per heavy atom. The molecule has 186 valence electrons. The lowest BCUT2D eigenvalue weighted by Gasteiger charge is -2.11. The van der Waals surface area contributed by atoms with Crippen molar-refractivity contribution in [2.45, 2.75) is 4.90 Å². The molecule has 3 aromatic carbocycles. The van der Waals surface area contributed by atoms with Crippen molar-refractivity contribution in [3.05, 3.63) is 118 Å². The van der Waals surface area contributed by atoms with Crippen molar-refractivity contribution in [1.82, 2.24) is 5.32 Å². The van der Waals surface area contributed by atoms with E-state index >= 15 is 0 Å². The highest BCUT2D eigenvalue weighted by atomic mass is 32.2. The maximum Gasteiger partial charge on any atom is 0.272 e. The summed E-state index contributed by atoms with van der Waals surface area (Å²) in [4.78, 5) is 39.5. The van der Waals surface area contributed by atoms with Crippen molar-refractivity contribution in [3.63, 3.8) is 0 Å². The van der Waals surface area contributed by atoms with Gasteiger partial charge in [-0.25, -0.2) is 4.39 Å². The number of halogens is 1. The fourth-order valence-corrected chi connectivity index (χ4v) is 4.53. The zero-order valence-corrected chi connectivity index (χ0v) is 21.1. The minimum atomic E-state index is -0.461. The van der Waals surface area contributed by atoms with Crippen LogP contribution in [-0.4, -0.2) is 23.5 Å². The summed E-state index contributed by atoms with van der Waals surface area (Å²) in [6.45, 7) is 0. The minimum Gasteiger partial charge on any atom is -0.325 e. The Morgan fingerprint density at radius 1 is 0.811 bits per heavy atom. The predicted octanol–water partition coefficient (Wildman–Crippen LogP) is 6.03. The largest absolute Gasteiger partial charge is 0.325 e. The van der Waals surface area contributed by atoms with Gasteiger partial charge in [-0.15, -0.1) is 23.1 Å². The number of hydrogen-bond acceptors (Lipinski definition) is 5. The molecule has 0 radical (unpaired) electrons. The Kier molecular flexibility index (Phi) is 8.85. The van der Waals surface area contributed by atoms with Crippen molar-refractivity contribution >= 4 is 58.3 Å². The summed E-state index contributed by atoms with van der Waals surface area (Å²) in [7, 11) is 0. The number of anilines is 2. The fraction of sp³-hybridized carbons (Fsp3) is 0.0357. The molecule has 0 saturated carbocycles. The summed E-state index contributed by atoms with van der Waals surface area (Å²) in [6.07, 6.45) is 1.63. The summed E-state index contributed by atoms with van der Waals surface area (Å²) < 4.78 is 13.0. The van der Waals surface area contributed by atoms with Crippen LogP contribution in [-0.2, 0) is 9.59 Å². The number of rotatable bonds is 9. The molecule has 9 heteroatoms. The summed E-state index contributed by atoms with van der Waals surface area (Å²) in [6, 6.07) is 25.0. The van der Waals surface area contributed by atoms with Gasteiger partial charge in [0.15, 0.2) is 0 Å². The first-order valence-corrected chi connectivity index (χ1v) is 13.0. The van der Waals surface area contributed by atoms with E-state index in [1.54, 1.807) is 54.6 Å². The molecule has 0 bridgehead atoms. The first kappa shape index (κ1) is 25.9. The molecule has 0 unspecified atom stereocenters. The van der Waals surface area contributed by atoms with Crippen LogP contribution in [0.4, 0.5) is 15.8 Å². The van der Waals surface area contributed by atoms with E-state index in [0.29, 0.717) is 16.9 Å². The summed E-state index contributed by atoms with van der Waals surface area (Å²) in [5.41, 5.74) is 1.62. The SMILES string of the molecule is O=C(CSc1ccc(NC(=O)/C(=C/c2cccs2)NC(=O)c2ccccc2)cc1)Nc1ccc(F)cc1. The maximum atomic E-state index is 13.0. The third kappa shape index (κ3) is 7.89. The molecule has 37 heavy (non-hydrogen) atoms. The van der Waals surface area contributed by atoms with E-state index in [9.17, 15) is 18.8 Å². The standard InChI is InChI=1S/C28H22FN3O3S2/c29-20-8-10-21(11-9-20)30-26(33)18-37-23-14-12-22(13-15-23)31-28(35)25(17-24-7-4-16-36-24)32-27(34)19-5-2-1-3-6-19/h1-17H,18H2,(H,30,33)(H,31,35)(H,32,34)/b25-17-. The van der Waals surface area contributed by atoms with Crippen molar-refractivity contribution in [2.24, 2.45) is 0 Å². The first-order valence-electron chi connectivity index (χ1n) is 11.2. The van der Waals surface area contributed by atoms with Crippen molar-refractivity contribution in [3.8, 4) is 0 Å². The van der Waals surface area contributed by atoms with E-state index in [-0.39, 0.29) is 29.1 Å². The molecule has 0 aliphatic heterocycles. The van der Waals surface area contributed by atoms with Gasteiger partial charge in [-0.3, -0.25) is 14.4 Å². The highest BCUT2D eigenvalue weighted by Gasteiger charge is 2.15. The lowest BCUT2D eigenvalue weighted by atomic mass is 10.2. The van der Waals surface area contributed by atoms with Gasteiger partial charge in [0.25, 0.3) is 11.8 Å². The van der Waals surface area contributed by atoms with Crippen LogP contribution < -0.4 is 16.0 Å². The molecular weight excluding hydrogens is 509 g/mol. The number of nitrogens with one attached hydrogen (secondary N) is 3. The van der Waals surface area contributed by atoms with Crippen LogP contribution in [0.3, 0.4) is 0 Å². The molecule has 4 rings (SSSR count). The van der Waals surface area contributed by atoms with Gasteiger partial charge in [0.05, 0.1) is 5.75 Å². The number of thioether (sulfide) groups is 1.